The Hall–Kier alpha value is -4.48. The van der Waals surface area contributed by atoms with Gasteiger partial charge < -0.3 is 4.98 Å². The van der Waals surface area contributed by atoms with E-state index < -0.39 is 5.69 Å². The number of aromatic nitrogens is 3. The van der Waals surface area contributed by atoms with Crippen molar-refractivity contribution >= 4 is 33.3 Å². The first-order valence-corrected chi connectivity index (χ1v) is 11.9. The molecular formula is C30H20ClN3O2. The largest absolute Gasteiger partial charge is 0.333 e. The van der Waals surface area contributed by atoms with Crippen molar-refractivity contribution in [3.8, 4) is 27.9 Å². The lowest BCUT2D eigenvalue weighted by atomic mass is 9.94. The van der Waals surface area contributed by atoms with Gasteiger partial charge in [0.25, 0.3) is 5.56 Å². The number of hydrogen-bond acceptors (Lipinski definition) is 3. The topological polar surface area (TPSA) is 67.8 Å². The molecule has 6 heteroatoms. The molecule has 2 heterocycles. The van der Waals surface area contributed by atoms with Crippen LogP contribution >= 0.6 is 11.6 Å². The molecule has 36 heavy (non-hydrogen) atoms. The van der Waals surface area contributed by atoms with E-state index in [4.69, 9.17) is 11.6 Å². The molecule has 6 aromatic rings. The smallest absolute Gasteiger partial charge is 0.306 e. The lowest BCUT2D eigenvalue weighted by molar-refractivity contribution is 0.908. The average molecular weight is 490 g/mol. The number of H-pyrrole nitrogens is 1. The van der Waals surface area contributed by atoms with Crippen LogP contribution in [0.1, 0.15) is 5.56 Å². The van der Waals surface area contributed by atoms with E-state index in [9.17, 15) is 9.59 Å². The molecule has 174 valence electrons. The Morgan fingerprint density at radius 3 is 2.47 bits per heavy atom. The molecule has 0 radical (unpaired) electrons. The summed E-state index contributed by atoms with van der Waals surface area (Å²) in [5.41, 5.74) is 4.63. The number of nitrogens with zero attached hydrogens (tertiary/aromatic N) is 2. The number of pyridine rings is 1. The zero-order chi connectivity index (χ0) is 24.8. The number of benzene rings is 4. The number of aryl methyl sites for hydroxylation is 1. The number of nitrogens with one attached hydrogen (secondary N) is 1. The number of aromatic amines is 1. The lowest BCUT2D eigenvalue weighted by Crippen LogP contribution is -2.33. The highest BCUT2D eigenvalue weighted by Gasteiger charge is 2.16. The minimum Gasteiger partial charge on any atom is -0.306 e. The fourth-order valence-electron chi connectivity index (χ4n) is 4.76. The first kappa shape index (κ1) is 22.0. The van der Waals surface area contributed by atoms with E-state index >= 15 is 0 Å². The van der Waals surface area contributed by atoms with Crippen molar-refractivity contribution in [1.29, 1.82) is 0 Å². The van der Waals surface area contributed by atoms with E-state index in [2.05, 4.69) is 9.97 Å². The maximum absolute atomic E-state index is 13.5. The molecule has 0 unspecified atom stereocenters. The van der Waals surface area contributed by atoms with E-state index in [1.54, 1.807) is 30.6 Å². The van der Waals surface area contributed by atoms with Gasteiger partial charge in [-0.25, -0.2) is 9.36 Å². The summed E-state index contributed by atoms with van der Waals surface area (Å²) < 4.78 is 1.20. The van der Waals surface area contributed by atoms with Crippen LogP contribution in [0.25, 0.3) is 49.6 Å². The van der Waals surface area contributed by atoms with Crippen LogP contribution in [0.2, 0.25) is 5.02 Å². The van der Waals surface area contributed by atoms with Gasteiger partial charge in [-0.1, -0.05) is 66.2 Å². The highest BCUT2D eigenvalue weighted by Crippen LogP contribution is 2.38. The van der Waals surface area contributed by atoms with E-state index in [1.807, 2.05) is 73.7 Å². The molecule has 0 aliphatic carbocycles. The second kappa shape index (κ2) is 8.63. The maximum Gasteiger partial charge on any atom is 0.333 e. The van der Waals surface area contributed by atoms with Crippen LogP contribution in [-0.4, -0.2) is 14.5 Å². The summed E-state index contributed by atoms with van der Waals surface area (Å²) in [5, 5.41) is 2.77. The Balaban J connectivity index is 1.57. The van der Waals surface area contributed by atoms with E-state index in [0.29, 0.717) is 21.6 Å². The third kappa shape index (κ3) is 3.61. The fraction of sp³-hybridized carbons (Fsp3) is 0.0333. The molecule has 0 atom stereocenters. The minimum absolute atomic E-state index is 0.376. The van der Waals surface area contributed by atoms with Crippen molar-refractivity contribution in [2.45, 2.75) is 6.92 Å². The zero-order valence-corrected chi connectivity index (χ0v) is 20.1. The van der Waals surface area contributed by atoms with Gasteiger partial charge in [0.05, 0.1) is 16.6 Å². The molecule has 0 fully saturated rings. The molecule has 1 N–H and O–H groups in total. The van der Waals surface area contributed by atoms with Crippen molar-refractivity contribution in [2.75, 3.05) is 0 Å². The van der Waals surface area contributed by atoms with Gasteiger partial charge in [0.15, 0.2) is 0 Å². The summed E-state index contributed by atoms with van der Waals surface area (Å²) in [6, 6.07) is 26.4. The van der Waals surface area contributed by atoms with Gasteiger partial charge in [-0.2, -0.15) is 0 Å². The predicted molar refractivity (Wildman–Crippen MR) is 146 cm³/mol. The fourth-order valence-corrected chi connectivity index (χ4v) is 5.04. The first-order chi connectivity index (χ1) is 17.5. The molecule has 2 aromatic heterocycles. The van der Waals surface area contributed by atoms with Crippen LogP contribution in [0.3, 0.4) is 0 Å². The standard InChI is InChI=1S/C30H20ClN3O2/c1-18-14-21(17-32-16-18)23-9-5-10-25(31)28(23)20-12-13-24-26(15-20)33-30(36)34(29(24)35)27-11-4-7-19-6-2-3-8-22(19)27/h2-17H,1H3,(H,33,36). The first-order valence-electron chi connectivity index (χ1n) is 11.5. The van der Waals surface area contributed by atoms with Gasteiger partial charge >= 0.3 is 5.69 Å². The van der Waals surface area contributed by atoms with Crippen molar-refractivity contribution in [3.63, 3.8) is 0 Å². The van der Waals surface area contributed by atoms with Crippen LogP contribution in [0.15, 0.2) is 107 Å². The van der Waals surface area contributed by atoms with Gasteiger partial charge in [0, 0.05) is 33.9 Å². The minimum atomic E-state index is -0.497. The van der Waals surface area contributed by atoms with Crippen molar-refractivity contribution in [1.82, 2.24) is 14.5 Å². The molecular weight excluding hydrogens is 470 g/mol. The van der Waals surface area contributed by atoms with Gasteiger partial charge in [0.2, 0.25) is 0 Å². The maximum atomic E-state index is 13.5. The number of rotatable bonds is 3. The quantitative estimate of drug-likeness (QED) is 0.307. The summed E-state index contributed by atoms with van der Waals surface area (Å²) >= 11 is 6.67. The summed E-state index contributed by atoms with van der Waals surface area (Å²) in [4.78, 5) is 34.0. The molecule has 0 saturated heterocycles. The Morgan fingerprint density at radius 1 is 0.806 bits per heavy atom. The molecule has 0 bridgehead atoms. The zero-order valence-electron chi connectivity index (χ0n) is 19.3. The SMILES string of the molecule is Cc1cncc(-c2cccc(Cl)c2-c2ccc3c(=O)n(-c4cccc5ccccc45)c(=O)[nH]c3c2)c1. The molecule has 5 nitrogen and oxygen atoms in total. The molecule has 0 saturated carbocycles. The Labute approximate surface area is 211 Å². The molecule has 0 aliphatic rings. The third-order valence-electron chi connectivity index (χ3n) is 6.39. The highest BCUT2D eigenvalue weighted by atomic mass is 35.5. The highest BCUT2D eigenvalue weighted by molar-refractivity contribution is 6.34. The number of fused-ring (bicyclic) bond motifs is 2. The van der Waals surface area contributed by atoms with Gasteiger partial charge in [0.1, 0.15) is 0 Å². The third-order valence-corrected chi connectivity index (χ3v) is 6.71. The van der Waals surface area contributed by atoms with Crippen LogP contribution in [-0.2, 0) is 0 Å². The van der Waals surface area contributed by atoms with Gasteiger partial charge in [-0.15, -0.1) is 0 Å². The normalized spacial score (nSPS) is 11.3. The Morgan fingerprint density at radius 2 is 1.61 bits per heavy atom. The second-order valence-corrected chi connectivity index (χ2v) is 9.15. The summed E-state index contributed by atoms with van der Waals surface area (Å²) in [6.07, 6.45) is 3.60. The number of hydrogen-bond donors (Lipinski definition) is 1. The van der Waals surface area contributed by atoms with Crippen molar-refractivity contribution < 1.29 is 0 Å². The van der Waals surface area contributed by atoms with Crippen molar-refractivity contribution in [2.24, 2.45) is 0 Å². The van der Waals surface area contributed by atoms with E-state index in [0.717, 1.165) is 38.6 Å². The lowest BCUT2D eigenvalue weighted by Gasteiger charge is -2.14. The average Bonchev–Trinajstić information content (AvgIpc) is 2.88. The van der Waals surface area contributed by atoms with Gasteiger partial charge in [-0.05, 0) is 59.3 Å². The Kier molecular flexibility index (Phi) is 5.28. The summed E-state index contributed by atoms with van der Waals surface area (Å²) in [7, 11) is 0. The predicted octanol–water partition coefficient (Wildman–Crippen LogP) is 6.52. The summed E-state index contributed by atoms with van der Waals surface area (Å²) in [5.74, 6) is 0. The molecule has 0 amide bonds. The van der Waals surface area contributed by atoms with Gasteiger partial charge in [-0.3, -0.25) is 9.78 Å². The molecule has 6 rings (SSSR count). The molecule has 0 aliphatic heterocycles. The number of halogens is 1. The van der Waals surface area contributed by atoms with Crippen LogP contribution < -0.4 is 11.2 Å². The second-order valence-electron chi connectivity index (χ2n) is 8.74. The molecule has 4 aromatic carbocycles. The van der Waals surface area contributed by atoms with Crippen LogP contribution in [0.5, 0.6) is 0 Å². The van der Waals surface area contributed by atoms with Crippen LogP contribution in [0, 0.1) is 6.92 Å². The monoisotopic (exact) mass is 489 g/mol. The molecule has 0 spiro atoms. The van der Waals surface area contributed by atoms with Crippen molar-refractivity contribution in [3.05, 3.63) is 129 Å². The summed E-state index contributed by atoms with van der Waals surface area (Å²) in [6.45, 7) is 1.99. The van der Waals surface area contributed by atoms with Crippen LogP contribution in [0.4, 0.5) is 0 Å². The Bertz CT molecular complexity index is 1920. The van der Waals surface area contributed by atoms with E-state index in [1.165, 1.54) is 4.57 Å². The van der Waals surface area contributed by atoms with E-state index in [-0.39, 0.29) is 5.56 Å².